The van der Waals surface area contributed by atoms with Gasteiger partial charge in [0, 0.05) is 18.2 Å². The van der Waals surface area contributed by atoms with Crippen LogP contribution < -0.4 is 10.6 Å². The summed E-state index contributed by atoms with van der Waals surface area (Å²) in [5.41, 5.74) is 2.68. The average Bonchev–Trinajstić information content (AvgIpc) is 3.64. The van der Waals surface area contributed by atoms with Crippen molar-refractivity contribution in [2.45, 2.75) is 69.1 Å². The first kappa shape index (κ1) is 24.9. The molecule has 2 aromatic carbocycles. The lowest BCUT2D eigenvalue weighted by Gasteiger charge is -2.32. The zero-order valence-electron chi connectivity index (χ0n) is 21.1. The fourth-order valence-corrected chi connectivity index (χ4v) is 6.02. The number of piperidine rings is 1. The van der Waals surface area contributed by atoms with Crippen LogP contribution in [0.5, 0.6) is 0 Å². The molecular formula is C30H38FN3O2. The highest BCUT2D eigenvalue weighted by Gasteiger charge is 2.42. The van der Waals surface area contributed by atoms with Gasteiger partial charge in [-0.25, -0.2) is 4.39 Å². The van der Waals surface area contributed by atoms with E-state index >= 15 is 0 Å². The topological polar surface area (TPSA) is 61.4 Å². The lowest BCUT2D eigenvalue weighted by Crippen LogP contribution is -2.43. The van der Waals surface area contributed by atoms with E-state index in [2.05, 4.69) is 33.7 Å². The third-order valence-electron chi connectivity index (χ3n) is 8.39. The van der Waals surface area contributed by atoms with Crippen LogP contribution in [0.1, 0.15) is 74.8 Å². The van der Waals surface area contributed by atoms with E-state index in [1.54, 1.807) is 12.1 Å². The van der Waals surface area contributed by atoms with Crippen LogP contribution in [0.4, 0.5) is 10.1 Å². The molecule has 6 heteroatoms. The average molecular weight is 492 g/mol. The van der Waals surface area contributed by atoms with E-state index in [-0.39, 0.29) is 23.5 Å². The van der Waals surface area contributed by atoms with Crippen molar-refractivity contribution in [1.29, 1.82) is 0 Å². The lowest BCUT2D eigenvalue weighted by atomic mass is 9.78. The van der Waals surface area contributed by atoms with E-state index in [4.69, 9.17) is 0 Å². The normalized spacial score (nSPS) is 20.2. The predicted molar refractivity (Wildman–Crippen MR) is 140 cm³/mol. The molecule has 192 valence electrons. The third kappa shape index (κ3) is 5.80. The maximum atomic E-state index is 13.4. The summed E-state index contributed by atoms with van der Waals surface area (Å²) in [6, 6.07) is 14.9. The van der Waals surface area contributed by atoms with Crippen molar-refractivity contribution in [1.82, 2.24) is 10.2 Å². The van der Waals surface area contributed by atoms with E-state index in [0.717, 1.165) is 88.7 Å². The van der Waals surface area contributed by atoms with Crippen LogP contribution in [0.2, 0.25) is 0 Å². The summed E-state index contributed by atoms with van der Waals surface area (Å²) in [7, 11) is 0. The van der Waals surface area contributed by atoms with E-state index in [0.29, 0.717) is 12.5 Å². The van der Waals surface area contributed by atoms with Gasteiger partial charge >= 0.3 is 0 Å². The number of nitrogens with one attached hydrogen (secondary N) is 2. The van der Waals surface area contributed by atoms with E-state index in [9.17, 15) is 14.0 Å². The van der Waals surface area contributed by atoms with Gasteiger partial charge in [-0.15, -0.1) is 0 Å². The van der Waals surface area contributed by atoms with Crippen molar-refractivity contribution >= 4 is 17.5 Å². The number of anilines is 1. The fraction of sp³-hybridized carbons (Fsp3) is 0.533. The molecule has 0 aromatic heterocycles. The number of amides is 2. The van der Waals surface area contributed by atoms with Crippen LogP contribution in [-0.4, -0.2) is 42.9 Å². The molecule has 2 saturated carbocycles. The number of benzene rings is 2. The molecule has 0 bridgehead atoms. The smallest absolute Gasteiger partial charge is 0.230 e. The Kier molecular flexibility index (Phi) is 7.70. The molecule has 1 heterocycles. The van der Waals surface area contributed by atoms with E-state index in [1.165, 1.54) is 17.7 Å². The van der Waals surface area contributed by atoms with Crippen LogP contribution in [-0.2, 0) is 15.0 Å². The summed E-state index contributed by atoms with van der Waals surface area (Å²) < 4.78 is 13.4. The molecule has 0 radical (unpaired) electrons. The Labute approximate surface area is 213 Å². The molecular weight excluding hydrogens is 453 g/mol. The van der Waals surface area contributed by atoms with Gasteiger partial charge in [-0.2, -0.15) is 0 Å². The van der Waals surface area contributed by atoms with Gasteiger partial charge in [-0.05, 0) is 106 Å². The zero-order chi connectivity index (χ0) is 25.0. The van der Waals surface area contributed by atoms with Gasteiger partial charge in [0.2, 0.25) is 11.8 Å². The molecule has 36 heavy (non-hydrogen) atoms. The minimum atomic E-state index is -0.501. The third-order valence-corrected chi connectivity index (χ3v) is 8.39. The molecule has 2 amide bonds. The molecule has 3 fully saturated rings. The van der Waals surface area contributed by atoms with Gasteiger partial charge in [-0.1, -0.05) is 37.1 Å². The number of halogens is 1. The lowest BCUT2D eigenvalue weighted by molar-refractivity contribution is -0.126. The van der Waals surface area contributed by atoms with Crippen LogP contribution in [0, 0.1) is 11.7 Å². The highest BCUT2D eigenvalue weighted by Crippen LogP contribution is 2.41. The van der Waals surface area contributed by atoms with Gasteiger partial charge in [0.1, 0.15) is 5.82 Å². The number of likely N-dealkylation sites (tertiary alicyclic amines) is 1. The largest absolute Gasteiger partial charge is 0.355 e. The van der Waals surface area contributed by atoms with Gasteiger partial charge < -0.3 is 15.5 Å². The zero-order valence-corrected chi connectivity index (χ0v) is 21.1. The van der Waals surface area contributed by atoms with Crippen LogP contribution in [0.25, 0.3) is 0 Å². The quantitative estimate of drug-likeness (QED) is 0.464. The first-order chi connectivity index (χ1) is 17.5. The summed E-state index contributed by atoms with van der Waals surface area (Å²) in [6.07, 6.45) is 8.93. The minimum absolute atomic E-state index is 0.0963. The molecule has 5 rings (SSSR count). The fourth-order valence-electron chi connectivity index (χ4n) is 6.02. The highest BCUT2D eigenvalue weighted by atomic mass is 19.1. The highest BCUT2D eigenvalue weighted by molar-refractivity contribution is 5.94. The van der Waals surface area contributed by atoms with Crippen molar-refractivity contribution < 1.29 is 14.0 Å². The maximum Gasteiger partial charge on any atom is 0.230 e. The number of carbonyl (C=O) groups is 2. The molecule has 1 saturated heterocycles. The Morgan fingerprint density at radius 3 is 2.39 bits per heavy atom. The SMILES string of the molecule is O=C(Nc1cccc(C2CCN(CCCNC(=O)C3(c4ccc(F)cc4)CCCC3)CC2)c1)C1CC1. The molecule has 1 aliphatic heterocycles. The van der Waals surface area contributed by atoms with Crippen molar-refractivity contribution in [3.63, 3.8) is 0 Å². The number of rotatable bonds is 9. The number of carbonyl (C=O) groups excluding carboxylic acids is 2. The van der Waals surface area contributed by atoms with E-state index in [1.807, 2.05) is 6.07 Å². The Morgan fingerprint density at radius 1 is 0.972 bits per heavy atom. The first-order valence-corrected chi connectivity index (χ1v) is 13.7. The molecule has 5 nitrogen and oxygen atoms in total. The maximum absolute atomic E-state index is 13.4. The van der Waals surface area contributed by atoms with Gasteiger partial charge in [0.05, 0.1) is 5.41 Å². The predicted octanol–water partition coefficient (Wildman–Crippen LogP) is 5.37. The van der Waals surface area contributed by atoms with Crippen LogP contribution >= 0.6 is 0 Å². The Balaban J connectivity index is 1.05. The standard InChI is InChI=1S/C30H38FN3O2/c31-26-11-9-25(10-12-26)30(15-1-2-16-30)29(36)32-17-4-18-34-19-13-22(14-20-34)24-5-3-6-27(21-24)33-28(35)23-7-8-23/h3,5-6,9-12,21-23H,1-2,4,7-8,13-20H2,(H,32,36)(H,33,35). The van der Waals surface area contributed by atoms with Gasteiger partial charge in [0.15, 0.2) is 0 Å². The molecule has 0 spiro atoms. The Morgan fingerprint density at radius 2 is 1.69 bits per heavy atom. The monoisotopic (exact) mass is 491 g/mol. The second kappa shape index (κ2) is 11.1. The molecule has 2 aliphatic carbocycles. The van der Waals surface area contributed by atoms with Crippen molar-refractivity contribution in [2.24, 2.45) is 5.92 Å². The van der Waals surface area contributed by atoms with Crippen LogP contribution in [0.3, 0.4) is 0 Å². The van der Waals surface area contributed by atoms with Gasteiger partial charge in [-0.3, -0.25) is 9.59 Å². The summed E-state index contributed by atoms with van der Waals surface area (Å²) in [5.74, 6) is 0.735. The second-order valence-corrected chi connectivity index (χ2v) is 10.9. The van der Waals surface area contributed by atoms with Crippen molar-refractivity contribution in [3.8, 4) is 0 Å². The molecule has 2 aromatic rings. The molecule has 0 unspecified atom stereocenters. The van der Waals surface area contributed by atoms with E-state index < -0.39 is 5.41 Å². The number of hydrogen-bond acceptors (Lipinski definition) is 3. The molecule has 3 aliphatic rings. The number of hydrogen-bond donors (Lipinski definition) is 2. The number of nitrogens with zero attached hydrogens (tertiary/aromatic N) is 1. The molecule has 2 N–H and O–H groups in total. The minimum Gasteiger partial charge on any atom is -0.355 e. The summed E-state index contributed by atoms with van der Waals surface area (Å²) in [4.78, 5) is 27.8. The second-order valence-electron chi connectivity index (χ2n) is 10.9. The van der Waals surface area contributed by atoms with Crippen molar-refractivity contribution in [2.75, 3.05) is 31.5 Å². The Bertz CT molecular complexity index is 1050. The van der Waals surface area contributed by atoms with Crippen LogP contribution in [0.15, 0.2) is 48.5 Å². The summed E-state index contributed by atoms with van der Waals surface area (Å²) in [5, 5.41) is 6.26. The van der Waals surface area contributed by atoms with Crippen molar-refractivity contribution in [3.05, 3.63) is 65.5 Å². The first-order valence-electron chi connectivity index (χ1n) is 13.7. The summed E-state index contributed by atoms with van der Waals surface area (Å²) in [6.45, 7) is 3.76. The summed E-state index contributed by atoms with van der Waals surface area (Å²) >= 11 is 0. The van der Waals surface area contributed by atoms with Gasteiger partial charge in [0.25, 0.3) is 0 Å². The molecule has 0 atom stereocenters. The Hall–Kier alpha value is -2.73.